The van der Waals surface area contributed by atoms with Crippen LogP contribution in [-0.4, -0.2) is 30.4 Å². The highest BCUT2D eigenvalue weighted by atomic mass is 32.2. The van der Waals surface area contributed by atoms with Gasteiger partial charge in [-0.1, -0.05) is 0 Å². The van der Waals surface area contributed by atoms with Crippen LogP contribution in [0.2, 0.25) is 0 Å². The van der Waals surface area contributed by atoms with Crippen molar-refractivity contribution >= 4 is 44.1 Å². The predicted octanol–water partition coefficient (Wildman–Crippen LogP) is 2.41. The molecule has 9 heteroatoms. The highest BCUT2D eigenvalue weighted by molar-refractivity contribution is 7.92. The van der Waals surface area contributed by atoms with Gasteiger partial charge in [0.2, 0.25) is 11.8 Å². The Kier molecular flexibility index (Phi) is 4.15. The Labute approximate surface area is 155 Å². The molecule has 1 aliphatic heterocycles. The molecule has 1 aromatic heterocycles. The number of hydrogen-bond acceptors (Lipinski definition) is 5. The van der Waals surface area contributed by atoms with Gasteiger partial charge in [0.25, 0.3) is 10.0 Å². The van der Waals surface area contributed by atoms with Gasteiger partial charge in [-0.15, -0.1) is 0 Å². The summed E-state index contributed by atoms with van der Waals surface area (Å²) in [6.07, 6.45) is 2.81. The van der Waals surface area contributed by atoms with Crippen molar-refractivity contribution in [3.8, 4) is 0 Å². The maximum absolute atomic E-state index is 12.6. The molecule has 8 nitrogen and oxygen atoms in total. The smallest absolute Gasteiger partial charge is 0.261 e. The summed E-state index contributed by atoms with van der Waals surface area (Å²) < 4.78 is 27.7. The van der Waals surface area contributed by atoms with Crippen molar-refractivity contribution < 1.29 is 18.0 Å². The molecule has 0 radical (unpaired) electrons. The first-order chi connectivity index (χ1) is 12.9. The summed E-state index contributed by atoms with van der Waals surface area (Å²) in [5.41, 5.74) is 1.49. The number of fused-ring (bicyclic) bond motifs is 1. The number of nitrogens with one attached hydrogen (secondary N) is 2. The van der Waals surface area contributed by atoms with E-state index in [1.807, 2.05) is 0 Å². The minimum atomic E-state index is -3.81. The highest BCUT2D eigenvalue weighted by Gasteiger charge is 2.27. The van der Waals surface area contributed by atoms with E-state index in [4.69, 9.17) is 0 Å². The summed E-state index contributed by atoms with van der Waals surface area (Å²) in [5, 5.41) is 7.56. The number of carbonyl (C=O) groups is 2. The lowest BCUT2D eigenvalue weighted by molar-refractivity contribution is -0.129. The zero-order chi connectivity index (χ0) is 19.0. The van der Waals surface area contributed by atoms with Crippen molar-refractivity contribution in [3.05, 3.63) is 48.7 Å². The minimum Gasteiger partial charge on any atom is -0.280 e. The normalized spacial score (nSPS) is 15.3. The van der Waals surface area contributed by atoms with Gasteiger partial charge in [0, 0.05) is 18.2 Å². The molecule has 27 heavy (non-hydrogen) atoms. The number of H-pyrrole nitrogens is 1. The average molecular weight is 384 g/mol. The molecule has 1 fully saturated rings. The summed E-state index contributed by atoms with van der Waals surface area (Å²) in [7, 11) is -3.81. The Morgan fingerprint density at radius 1 is 1.00 bits per heavy atom. The van der Waals surface area contributed by atoms with Gasteiger partial charge in [-0.3, -0.25) is 24.3 Å². The quantitative estimate of drug-likeness (QED) is 0.671. The van der Waals surface area contributed by atoms with Crippen molar-refractivity contribution in [2.45, 2.75) is 24.2 Å². The molecule has 0 spiro atoms. The fraction of sp³-hybridized carbons (Fsp3) is 0.167. The van der Waals surface area contributed by atoms with Crippen LogP contribution in [0.15, 0.2) is 53.6 Å². The number of aromatic nitrogens is 2. The molecule has 138 valence electrons. The van der Waals surface area contributed by atoms with E-state index in [2.05, 4.69) is 14.9 Å². The Morgan fingerprint density at radius 3 is 2.41 bits per heavy atom. The van der Waals surface area contributed by atoms with E-state index in [1.54, 1.807) is 24.4 Å². The number of piperidine rings is 1. The summed E-state index contributed by atoms with van der Waals surface area (Å²) in [4.78, 5) is 25.1. The molecule has 3 aromatic rings. The molecule has 0 aliphatic carbocycles. The molecule has 1 saturated heterocycles. The van der Waals surface area contributed by atoms with E-state index in [9.17, 15) is 18.0 Å². The van der Waals surface area contributed by atoms with Crippen LogP contribution >= 0.6 is 0 Å². The van der Waals surface area contributed by atoms with E-state index >= 15 is 0 Å². The van der Waals surface area contributed by atoms with Gasteiger partial charge < -0.3 is 0 Å². The first-order valence-electron chi connectivity index (χ1n) is 8.36. The topological polar surface area (TPSA) is 112 Å². The van der Waals surface area contributed by atoms with Gasteiger partial charge in [-0.25, -0.2) is 8.42 Å². The van der Waals surface area contributed by atoms with E-state index < -0.39 is 10.0 Å². The van der Waals surface area contributed by atoms with Gasteiger partial charge >= 0.3 is 0 Å². The van der Waals surface area contributed by atoms with Crippen LogP contribution in [0.3, 0.4) is 0 Å². The maximum Gasteiger partial charge on any atom is 0.261 e. The maximum atomic E-state index is 12.6. The summed E-state index contributed by atoms with van der Waals surface area (Å²) in [6, 6.07) is 10.7. The third-order valence-electron chi connectivity index (χ3n) is 4.38. The molecule has 0 atom stereocenters. The van der Waals surface area contributed by atoms with Gasteiger partial charge in [-0.2, -0.15) is 5.10 Å². The lowest BCUT2D eigenvalue weighted by Crippen LogP contribution is -2.40. The fourth-order valence-corrected chi connectivity index (χ4v) is 4.08. The van der Waals surface area contributed by atoms with Crippen molar-refractivity contribution in [1.82, 2.24) is 10.2 Å². The number of imide groups is 1. The number of sulfonamides is 1. The summed E-state index contributed by atoms with van der Waals surface area (Å²) in [5.74, 6) is -0.541. The molecule has 0 unspecified atom stereocenters. The third-order valence-corrected chi connectivity index (χ3v) is 5.78. The monoisotopic (exact) mass is 384 g/mol. The fourth-order valence-electron chi connectivity index (χ4n) is 3.03. The van der Waals surface area contributed by atoms with E-state index in [0.29, 0.717) is 36.2 Å². The first-order valence-corrected chi connectivity index (χ1v) is 9.84. The van der Waals surface area contributed by atoms with Crippen LogP contribution in [0.4, 0.5) is 11.4 Å². The molecule has 0 saturated carbocycles. The minimum absolute atomic E-state index is 0.0351. The second kappa shape index (κ2) is 6.51. The molecule has 1 aliphatic rings. The van der Waals surface area contributed by atoms with Gasteiger partial charge in [-0.05, 0) is 48.9 Å². The molecular formula is C18H16N4O4S. The van der Waals surface area contributed by atoms with Gasteiger partial charge in [0.05, 0.1) is 28.0 Å². The number of carbonyl (C=O) groups excluding carboxylic acids is 2. The molecule has 4 rings (SSSR count). The number of rotatable bonds is 4. The largest absolute Gasteiger partial charge is 0.280 e. The number of nitrogens with zero attached hydrogens (tertiary/aromatic N) is 2. The predicted molar refractivity (Wildman–Crippen MR) is 99.7 cm³/mol. The van der Waals surface area contributed by atoms with Gasteiger partial charge in [0.1, 0.15) is 0 Å². The van der Waals surface area contributed by atoms with Crippen LogP contribution in [0.1, 0.15) is 19.3 Å². The zero-order valence-corrected chi connectivity index (χ0v) is 15.0. The Hall–Kier alpha value is -3.20. The number of anilines is 2. The summed E-state index contributed by atoms with van der Waals surface area (Å²) in [6.45, 7) is 0. The highest BCUT2D eigenvalue weighted by Crippen LogP contribution is 2.25. The Morgan fingerprint density at radius 2 is 1.70 bits per heavy atom. The SMILES string of the molecule is O=C1CCCC(=O)N1c1ccc(S(=O)(=O)Nc2ccc3cn[nH]c3c2)cc1. The number of hydrogen-bond donors (Lipinski definition) is 2. The van der Waals surface area contributed by atoms with E-state index in [-0.39, 0.29) is 16.7 Å². The van der Waals surface area contributed by atoms with E-state index in [1.165, 1.54) is 24.3 Å². The second-order valence-corrected chi connectivity index (χ2v) is 7.93. The summed E-state index contributed by atoms with van der Waals surface area (Å²) >= 11 is 0. The molecule has 2 heterocycles. The Balaban J connectivity index is 1.58. The third kappa shape index (κ3) is 3.28. The van der Waals surface area contributed by atoms with Crippen molar-refractivity contribution in [1.29, 1.82) is 0 Å². The lowest BCUT2D eigenvalue weighted by Gasteiger charge is -2.24. The standard InChI is InChI=1S/C18H16N4O4S/c23-17-2-1-3-18(24)22(17)14-6-8-15(9-7-14)27(25,26)21-13-5-4-12-11-19-20-16(12)10-13/h4-11,21H,1-3H2,(H,19,20). The average Bonchev–Trinajstić information content (AvgIpc) is 3.09. The lowest BCUT2D eigenvalue weighted by atomic mass is 10.1. The zero-order valence-electron chi connectivity index (χ0n) is 14.2. The molecule has 0 bridgehead atoms. The number of amides is 2. The number of benzene rings is 2. The molecule has 2 aromatic carbocycles. The second-order valence-electron chi connectivity index (χ2n) is 6.25. The number of aromatic amines is 1. The van der Waals surface area contributed by atoms with Crippen LogP contribution < -0.4 is 9.62 Å². The Bertz CT molecular complexity index is 1120. The van der Waals surface area contributed by atoms with Crippen molar-refractivity contribution in [2.75, 3.05) is 9.62 Å². The molecule has 2 N–H and O–H groups in total. The molecular weight excluding hydrogens is 368 g/mol. The van der Waals surface area contributed by atoms with Crippen LogP contribution in [0.5, 0.6) is 0 Å². The van der Waals surface area contributed by atoms with Crippen molar-refractivity contribution in [2.24, 2.45) is 0 Å². The first kappa shape index (κ1) is 17.2. The van der Waals surface area contributed by atoms with Crippen LogP contribution in [0.25, 0.3) is 10.9 Å². The van der Waals surface area contributed by atoms with E-state index in [0.717, 1.165) is 10.3 Å². The van der Waals surface area contributed by atoms with Crippen molar-refractivity contribution in [3.63, 3.8) is 0 Å². The molecule has 2 amide bonds. The van der Waals surface area contributed by atoms with Gasteiger partial charge in [0.15, 0.2) is 0 Å². The van der Waals surface area contributed by atoms with Crippen LogP contribution in [0, 0.1) is 0 Å². The van der Waals surface area contributed by atoms with Crippen LogP contribution in [-0.2, 0) is 19.6 Å².